The van der Waals surface area contributed by atoms with Gasteiger partial charge in [-0.15, -0.1) is 11.8 Å². The molecule has 4 heteroatoms. The van der Waals surface area contributed by atoms with Crippen LogP contribution in [0, 0.1) is 0 Å². The molecule has 0 radical (unpaired) electrons. The Hall–Kier alpha value is -1.94. The molecule has 0 N–H and O–H groups in total. The molecule has 0 heterocycles. The first-order valence-corrected chi connectivity index (χ1v) is 6.97. The summed E-state index contributed by atoms with van der Waals surface area (Å²) in [5, 5.41) is 11.1. The minimum absolute atomic E-state index is 0.409. The van der Waals surface area contributed by atoms with Crippen molar-refractivity contribution in [3.05, 3.63) is 60.7 Å². The number of carboxylic acid groups (broad SMARTS) is 1. The van der Waals surface area contributed by atoms with Crippen molar-refractivity contribution in [1.29, 1.82) is 0 Å². The average molecular weight is 272 g/mol. The van der Waals surface area contributed by atoms with Crippen LogP contribution < -0.4 is 10.0 Å². The fraction of sp³-hybridized carbons (Fsp3) is 0.133. The van der Waals surface area contributed by atoms with E-state index in [0.717, 1.165) is 4.90 Å². The second kappa shape index (κ2) is 6.85. The summed E-state index contributed by atoms with van der Waals surface area (Å²) in [7, 11) is 0. The maximum absolute atomic E-state index is 11.1. The third-order valence-corrected chi connectivity index (χ3v) is 3.61. The first-order chi connectivity index (χ1) is 9.27. The first-order valence-electron chi connectivity index (χ1n) is 5.99. The van der Waals surface area contributed by atoms with Gasteiger partial charge in [-0.3, -0.25) is 0 Å². The van der Waals surface area contributed by atoms with E-state index >= 15 is 0 Å². The fourth-order valence-electron chi connectivity index (χ4n) is 1.71. The number of thioether (sulfide) groups is 1. The molecule has 0 fully saturated rings. The van der Waals surface area contributed by atoms with Crippen molar-refractivity contribution in [2.45, 2.75) is 4.90 Å². The van der Waals surface area contributed by atoms with E-state index in [0.29, 0.717) is 18.0 Å². The van der Waals surface area contributed by atoms with Crippen molar-refractivity contribution < 1.29 is 9.90 Å². The molecule has 2 rings (SSSR count). The molecule has 3 nitrogen and oxygen atoms in total. The highest BCUT2D eigenvalue weighted by atomic mass is 32.2. The second-order valence-corrected chi connectivity index (χ2v) is 5.08. The Bertz CT molecular complexity index is 516. The Labute approximate surface area is 116 Å². The summed E-state index contributed by atoms with van der Waals surface area (Å²) >= 11 is 1.63. The van der Waals surface area contributed by atoms with E-state index in [9.17, 15) is 9.90 Å². The maximum atomic E-state index is 11.1. The number of para-hydroxylation sites is 1. The van der Waals surface area contributed by atoms with E-state index in [1.807, 2.05) is 48.5 Å². The first kappa shape index (κ1) is 13.5. The van der Waals surface area contributed by atoms with Gasteiger partial charge in [0.25, 0.3) is 0 Å². The van der Waals surface area contributed by atoms with Crippen LogP contribution >= 0.6 is 11.8 Å². The molecule has 2 aromatic carbocycles. The van der Waals surface area contributed by atoms with Gasteiger partial charge in [0.15, 0.2) is 0 Å². The van der Waals surface area contributed by atoms with E-state index in [1.54, 1.807) is 23.9 Å². The van der Waals surface area contributed by atoms with Crippen LogP contribution in [0.3, 0.4) is 0 Å². The number of rotatable bonds is 5. The molecule has 98 valence electrons. The van der Waals surface area contributed by atoms with Gasteiger partial charge in [-0.05, 0) is 24.3 Å². The number of carbonyl (C=O) groups excluding carboxylic acids is 1. The number of nitrogens with zero attached hydrogens (tertiary/aromatic N) is 1. The molecule has 0 aliphatic carbocycles. The predicted molar refractivity (Wildman–Crippen MR) is 76.4 cm³/mol. The quantitative estimate of drug-likeness (QED) is 0.786. The normalized spacial score (nSPS) is 10.1. The molecule has 1 amide bonds. The van der Waals surface area contributed by atoms with Gasteiger partial charge in [0.2, 0.25) is 0 Å². The summed E-state index contributed by atoms with van der Waals surface area (Å²) in [5.41, 5.74) is 0.649. The molecule has 0 saturated heterocycles. The predicted octanol–water partition coefficient (Wildman–Crippen LogP) is 2.63. The lowest BCUT2D eigenvalue weighted by Crippen LogP contribution is -2.42. The highest BCUT2D eigenvalue weighted by molar-refractivity contribution is 7.99. The molecular formula is C15H14NO2S-. The largest absolute Gasteiger partial charge is 0.530 e. The Morgan fingerprint density at radius 1 is 1.00 bits per heavy atom. The lowest BCUT2D eigenvalue weighted by molar-refractivity contribution is -0.246. The molecule has 0 spiro atoms. The van der Waals surface area contributed by atoms with Crippen molar-refractivity contribution >= 4 is 23.5 Å². The van der Waals surface area contributed by atoms with Crippen molar-refractivity contribution in [1.82, 2.24) is 0 Å². The molecule has 2 aromatic rings. The summed E-state index contributed by atoms with van der Waals surface area (Å²) in [5.74, 6) is 0.687. The summed E-state index contributed by atoms with van der Waals surface area (Å²) in [4.78, 5) is 13.5. The van der Waals surface area contributed by atoms with Gasteiger partial charge in [-0.2, -0.15) is 0 Å². The standard InChI is InChI=1S/C15H15NO2S/c17-15(18)16(13-7-3-1-4-8-13)11-12-19-14-9-5-2-6-10-14/h1-10H,11-12H2,(H,17,18)/p-1. The van der Waals surface area contributed by atoms with Crippen molar-refractivity contribution in [3.8, 4) is 0 Å². The van der Waals surface area contributed by atoms with Crippen LogP contribution in [0.5, 0.6) is 0 Å². The van der Waals surface area contributed by atoms with Crippen LogP contribution in [0.25, 0.3) is 0 Å². The Morgan fingerprint density at radius 3 is 2.16 bits per heavy atom. The molecular weight excluding hydrogens is 258 g/mol. The van der Waals surface area contributed by atoms with E-state index in [4.69, 9.17) is 0 Å². The van der Waals surface area contributed by atoms with Gasteiger partial charge in [0, 0.05) is 22.9 Å². The number of hydrogen-bond donors (Lipinski definition) is 0. The van der Waals surface area contributed by atoms with Crippen LogP contribution in [0.2, 0.25) is 0 Å². The Morgan fingerprint density at radius 2 is 1.58 bits per heavy atom. The average Bonchev–Trinajstić information content (AvgIpc) is 2.45. The third kappa shape index (κ3) is 4.03. The van der Waals surface area contributed by atoms with Gasteiger partial charge in [0.1, 0.15) is 6.09 Å². The topological polar surface area (TPSA) is 43.4 Å². The van der Waals surface area contributed by atoms with E-state index in [2.05, 4.69) is 0 Å². The third-order valence-electron chi connectivity index (χ3n) is 2.62. The van der Waals surface area contributed by atoms with E-state index in [-0.39, 0.29) is 0 Å². The number of amides is 1. The Kier molecular flexibility index (Phi) is 4.86. The van der Waals surface area contributed by atoms with Crippen LogP contribution in [0.15, 0.2) is 65.6 Å². The molecule has 0 saturated carbocycles. The Balaban J connectivity index is 1.94. The fourth-order valence-corrected chi connectivity index (χ4v) is 2.56. The molecule has 0 aliphatic rings. The number of hydrogen-bond acceptors (Lipinski definition) is 3. The molecule has 0 unspecified atom stereocenters. The SMILES string of the molecule is O=C([O-])N(CCSc1ccccc1)c1ccccc1. The maximum Gasteiger partial charge on any atom is 0.141 e. The van der Waals surface area contributed by atoms with Crippen molar-refractivity contribution in [2.24, 2.45) is 0 Å². The van der Waals surface area contributed by atoms with Gasteiger partial charge >= 0.3 is 0 Å². The van der Waals surface area contributed by atoms with Crippen LogP contribution in [-0.4, -0.2) is 18.4 Å². The van der Waals surface area contributed by atoms with Crippen LogP contribution in [0.4, 0.5) is 10.5 Å². The lowest BCUT2D eigenvalue weighted by atomic mass is 10.3. The molecule has 0 atom stereocenters. The van der Waals surface area contributed by atoms with E-state index in [1.165, 1.54) is 4.90 Å². The van der Waals surface area contributed by atoms with Gasteiger partial charge < -0.3 is 14.8 Å². The summed E-state index contributed by atoms with van der Waals surface area (Å²) in [6.07, 6.45) is -1.17. The van der Waals surface area contributed by atoms with Gasteiger partial charge in [-0.25, -0.2) is 0 Å². The van der Waals surface area contributed by atoms with Gasteiger partial charge in [0.05, 0.1) is 0 Å². The zero-order valence-corrected chi connectivity index (χ0v) is 11.2. The highest BCUT2D eigenvalue weighted by Gasteiger charge is 2.06. The highest BCUT2D eigenvalue weighted by Crippen LogP contribution is 2.19. The molecule has 0 aliphatic heterocycles. The summed E-state index contributed by atoms with van der Waals surface area (Å²) in [6, 6.07) is 18.9. The monoisotopic (exact) mass is 272 g/mol. The zero-order chi connectivity index (χ0) is 13.5. The smallest absolute Gasteiger partial charge is 0.141 e. The minimum Gasteiger partial charge on any atom is -0.530 e. The van der Waals surface area contributed by atoms with Crippen LogP contribution in [0.1, 0.15) is 0 Å². The van der Waals surface area contributed by atoms with Gasteiger partial charge in [-0.1, -0.05) is 36.4 Å². The van der Waals surface area contributed by atoms with Crippen LogP contribution in [-0.2, 0) is 0 Å². The summed E-state index contributed by atoms with van der Waals surface area (Å²) in [6.45, 7) is 0.409. The lowest BCUT2D eigenvalue weighted by Gasteiger charge is -2.24. The summed E-state index contributed by atoms with van der Waals surface area (Å²) < 4.78 is 0. The number of carbonyl (C=O) groups is 1. The van der Waals surface area contributed by atoms with Crippen molar-refractivity contribution in [2.75, 3.05) is 17.2 Å². The van der Waals surface area contributed by atoms with E-state index < -0.39 is 6.09 Å². The molecule has 0 aromatic heterocycles. The molecule has 0 bridgehead atoms. The zero-order valence-electron chi connectivity index (χ0n) is 10.4. The van der Waals surface area contributed by atoms with Crippen molar-refractivity contribution in [3.63, 3.8) is 0 Å². The number of benzene rings is 2. The number of anilines is 1. The second-order valence-electron chi connectivity index (χ2n) is 3.91. The molecule has 19 heavy (non-hydrogen) atoms. The minimum atomic E-state index is -1.17.